The second kappa shape index (κ2) is 20.8. The normalized spacial score (nSPS) is 14.5. The zero-order valence-electron chi connectivity index (χ0n) is 23.2. The van der Waals surface area contributed by atoms with Crippen molar-refractivity contribution in [2.45, 2.75) is 125 Å². The Hall–Kier alpha value is 0.620. The summed E-state index contributed by atoms with van der Waals surface area (Å²) in [4.78, 5) is 6.10. The molecule has 0 aliphatic carbocycles. The molecular formula is C25H55NO5P2. The van der Waals surface area contributed by atoms with Crippen LogP contribution in [0.15, 0.2) is 0 Å². The molecule has 0 radical (unpaired) electrons. The van der Waals surface area contributed by atoms with Gasteiger partial charge in [0, 0.05) is 24.9 Å². The summed E-state index contributed by atoms with van der Waals surface area (Å²) in [6.45, 7) is 22.7. The molecule has 0 heterocycles. The van der Waals surface area contributed by atoms with Gasteiger partial charge in [0.05, 0.1) is 31.0 Å². The van der Waals surface area contributed by atoms with Crippen LogP contribution in [0.3, 0.4) is 0 Å². The predicted molar refractivity (Wildman–Crippen MR) is 146 cm³/mol. The van der Waals surface area contributed by atoms with Gasteiger partial charge < -0.3 is 18.9 Å². The lowest BCUT2D eigenvalue weighted by atomic mass is 10.2. The molecule has 200 valence electrons. The maximum Gasteiger partial charge on any atom is 0.161 e. The van der Waals surface area contributed by atoms with Crippen molar-refractivity contribution in [3.05, 3.63) is 0 Å². The highest BCUT2D eigenvalue weighted by atomic mass is 31.1. The molecule has 3 atom stereocenters. The van der Waals surface area contributed by atoms with Crippen molar-refractivity contribution in [2.24, 2.45) is 0 Å². The molecule has 0 aliphatic heterocycles. The van der Waals surface area contributed by atoms with Gasteiger partial charge in [-0.1, -0.05) is 6.92 Å². The molecule has 0 spiro atoms. The Morgan fingerprint density at radius 1 is 0.636 bits per heavy atom. The van der Waals surface area contributed by atoms with E-state index in [4.69, 9.17) is 23.8 Å². The van der Waals surface area contributed by atoms with Gasteiger partial charge >= 0.3 is 0 Å². The number of nitrogens with zero attached hydrogens (tertiary/aromatic N) is 1. The molecule has 3 unspecified atom stereocenters. The van der Waals surface area contributed by atoms with E-state index in [1.807, 2.05) is 0 Å². The molecule has 0 saturated heterocycles. The summed E-state index contributed by atoms with van der Waals surface area (Å²) in [5, 5.41) is 2.20. The van der Waals surface area contributed by atoms with Crippen LogP contribution in [0.5, 0.6) is 0 Å². The van der Waals surface area contributed by atoms with E-state index in [1.165, 1.54) is 6.16 Å². The minimum atomic E-state index is -0.110. The SMILES string of the molecule is CCCON(CCPCC(OC(C)C)OC(C)C)C(C)CCPCC(OC(C)C)OC(C)C. The number of rotatable bonds is 22. The summed E-state index contributed by atoms with van der Waals surface area (Å²) < 4.78 is 23.7. The molecule has 0 N–H and O–H groups in total. The van der Waals surface area contributed by atoms with E-state index in [2.05, 4.69) is 74.3 Å². The topological polar surface area (TPSA) is 49.4 Å². The van der Waals surface area contributed by atoms with Crippen LogP contribution in [-0.4, -0.2) is 85.9 Å². The Kier molecular flexibility index (Phi) is 21.2. The first-order valence-corrected chi connectivity index (χ1v) is 15.8. The third kappa shape index (κ3) is 20.5. The minimum Gasteiger partial charge on any atom is -0.350 e. The Balaban J connectivity index is 4.45. The van der Waals surface area contributed by atoms with Crippen LogP contribution in [0.4, 0.5) is 0 Å². The molecule has 33 heavy (non-hydrogen) atoms. The Bertz CT molecular complexity index is 421. The van der Waals surface area contributed by atoms with E-state index in [1.54, 1.807) is 0 Å². The van der Waals surface area contributed by atoms with Crippen LogP contribution in [0.2, 0.25) is 0 Å². The quantitative estimate of drug-likeness (QED) is 0.0756. The van der Waals surface area contributed by atoms with E-state index in [0.29, 0.717) is 6.04 Å². The van der Waals surface area contributed by atoms with Crippen molar-refractivity contribution in [2.75, 3.05) is 37.8 Å². The Morgan fingerprint density at radius 3 is 1.45 bits per heavy atom. The summed E-state index contributed by atoms with van der Waals surface area (Å²) in [5.74, 6) is 0. The molecule has 8 heteroatoms. The number of hydrogen-bond donors (Lipinski definition) is 0. The lowest BCUT2D eigenvalue weighted by Crippen LogP contribution is -2.36. The molecule has 0 aliphatic rings. The van der Waals surface area contributed by atoms with E-state index in [0.717, 1.165) is 61.6 Å². The van der Waals surface area contributed by atoms with Crippen LogP contribution in [0.25, 0.3) is 0 Å². The molecule has 0 saturated carbocycles. The fourth-order valence-electron chi connectivity index (χ4n) is 3.18. The highest BCUT2D eigenvalue weighted by molar-refractivity contribution is 7.38. The third-order valence-corrected chi connectivity index (χ3v) is 6.98. The Morgan fingerprint density at radius 2 is 1.06 bits per heavy atom. The van der Waals surface area contributed by atoms with Gasteiger partial charge in [0.1, 0.15) is 0 Å². The minimum absolute atomic E-state index is 0.0960. The lowest BCUT2D eigenvalue weighted by Gasteiger charge is -2.29. The second-order valence-corrected chi connectivity index (χ2v) is 12.4. The summed E-state index contributed by atoms with van der Waals surface area (Å²) >= 11 is 0. The lowest BCUT2D eigenvalue weighted by molar-refractivity contribution is -0.179. The molecule has 0 aromatic carbocycles. The molecule has 0 bridgehead atoms. The summed E-state index contributed by atoms with van der Waals surface area (Å²) in [6, 6.07) is 0.402. The van der Waals surface area contributed by atoms with E-state index in [-0.39, 0.29) is 37.0 Å². The zero-order valence-corrected chi connectivity index (χ0v) is 25.2. The first-order valence-electron chi connectivity index (χ1n) is 13.0. The third-order valence-electron chi connectivity index (χ3n) is 4.52. The van der Waals surface area contributed by atoms with E-state index >= 15 is 0 Å². The van der Waals surface area contributed by atoms with Crippen LogP contribution in [-0.2, 0) is 23.8 Å². The van der Waals surface area contributed by atoms with Crippen molar-refractivity contribution >= 4 is 17.2 Å². The van der Waals surface area contributed by atoms with Crippen LogP contribution < -0.4 is 0 Å². The van der Waals surface area contributed by atoms with Crippen molar-refractivity contribution in [3.8, 4) is 0 Å². The molecule has 6 nitrogen and oxygen atoms in total. The number of hydroxylamine groups is 2. The monoisotopic (exact) mass is 511 g/mol. The van der Waals surface area contributed by atoms with E-state index < -0.39 is 0 Å². The van der Waals surface area contributed by atoms with Crippen molar-refractivity contribution in [3.63, 3.8) is 0 Å². The van der Waals surface area contributed by atoms with Gasteiger partial charge in [0.2, 0.25) is 0 Å². The van der Waals surface area contributed by atoms with Crippen LogP contribution in [0.1, 0.15) is 82.1 Å². The maximum atomic E-state index is 6.10. The molecule has 0 rings (SSSR count). The molecule has 0 amide bonds. The van der Waals surface area contributed by atoms with Gasteiger partial charge in [-0.25, -0.2) is 0 Å². The van der Waals surface area contributed by atoms with Gasteiger partial charge in [0.15, 0.2) is 12.6 Å². The fraction of sp³-hybridized carbons (Fsp3) is 1.00. The molecular weight excluding hydrogens is 456 g/mol. The predicted octanol–water partition coefficient (Wildman–Crippen LogP) is 6.12. The summed E-state index contributed by atoms with van der Waals surface area (Å²) in [7, 11) is 1.62. The van der Waals surface area contributed by atoms with Gasteiger partial charge in [-0.3, -0.25) is 4.84 Å². The van der Waals surface area contributed by atoms with Gasteiger partial charge in [-0.05, 0) is 87.5 Å². The van der Waals surface area contributed by atoms with Crippen LogP contribution in [0, 0.1) is 0 Å². The Labute approximate surface area is 209 Å². The van der Waals surface area contributed by atoms with Crippen LogP contribution >= 0.6 is 17.2 Å². The molecule has 0 aromatic rings. The zero-order chi connectivity index (χ0) is 25.2. The average molecular weight is 512 g/mol. The highest BCUT2D eigenvalue weighted by Gasteiger charge is 2.18. The van der Waals surface area contributed by atoms with Crippen molar-refractivity contribution < 1.29 is 23.8 Å². The van der Waals surface area contributed by atoms with Gasteiger partial charge in [-0.2, -0.15) is 5.06 Å². The average Bonchev–Trinajstić information content (AvgIpc) is 2.68. The fourth-order valence-corrected chi connectivity index (χ4v) is 5.44. The second-order valence-electron chi connectivity index (χ2n) is 9.62. The van der Waals surface area contributed by atoms with Gasteiger partial charge in [0.25, 0.3) is 0 Å². The first-order chi connectivity index (χ1) is 15.5. The van der Waals surface area contributed by atoms with Gasteiger partial charge in [-0.15, -0.1) is 17.2 Å². The smallest absolute Gasteiger partial charge is 0.161 e. The highest BCUT2D eigenvalue weighted by Crippen LogP contribution is 2.22. The largest absolute Gasteiger partial charge is 0.350 e. The molecule has 0 aromatic heterocycles. The molecule has 0 fully saturated rings. The number of hydrogen-bond acceptors (Lipinski definition) is 6. The number of ether oxygens (including phenoxy) is 4. The van der Waals surface area contributed by atoms with Crippen molar-refractivity contribution in [1.82, 2.24) is 5.06 Å². The van der Waals surface area contributed by atoms with Crippen molar-refractivity contribution in [1.29, 1.82) is 0 Å². The summed E-state index contributed by atoms with van der Waals surface area (Å²) in [6.07, 6.45) is 6.86. The summed E-state index contributed by atoms with van der Waals surface area (Å²) in [5.41, 5.74) is 0. The standard InChI is InChI=1S/C25H55NO5P2/c1-11-14-27-26(13-16-33-18-25(30-21(6)7)31-22(8)9)23(10)12-15-32-17-24(28-19(2)3)29-20(4)5/h19-25,32-33H,11-18H2,1-10H3. The first kappa shape index (κ1) is 33.6. The van der Waals surface area contributed by atoms with E-state index in [9.17, 15) is 0 Å². The maximum absolute atomic E-state index is 6.10.